The summed E-state index contributed by atoms with van der Waals surface area (Å²) in [4.78, 5) is 12.3. The quantitative estimate of drug-likeness (QED) is 0.740. The first-order chi connectivity index (χ1) is 8.83. The molecule has 0 saturated heterocycles. The lowest BCUT2D eigenvalue weighted by Crippen LogP contribution is -2.33. The van der Waals surface area contributed by atoms with E-state index in [1.807, 2.05) is 0 Å². The molecule has 0 aliphatic heterocycles. The topological polar surface area (TPSA) is 26.3 Å². The van der Waals surface area contributed by atoms with Crippen molar-refractivity contribution >= 4 is 5.78 Å². The average Bonchev–Trinajstić information content (AvgIpc) is 2.45. The number of ether oxygens (including phenoxy) is 1. The lowest BCUT2D eigenvalue weighted by atomic mass is 9.66. The summed E-state index contributed by atoms with van der Waals surface area (Å²) in [5.74, 6) is 2.38. The predicted molar refractivity (Wildman–Crippen MR) is 73.5 cm³/mol. The molecule has 2 aliphatic carbocycles. The zero-order valence-electron chi connectivity index (χ0n) is 11.8. The fourth-order valence-electron chi connectivity index (χ4n) is 4.07. The Labute approximate surface area is 111 Å². The van der Waals surface area contributed by atoms with E-state index >= 15 is 0 Å². The molecular formula is C16H28O2. The average molecular weight is 252 g/mol. The number of carbonyl (C=O) groups is 1. The number of carbonyl (C=O) groups excluding carboxylic acids is 1. The first kappa shape index (κ1) is 14.0. The molecule has 2 aliphatic rings. The minimum atomic E-state index is 0.358. The lowest BCUT2D eigenvalue weighted by molar-refractivity contribution is -0.127. The van der Waals surface area contributed by atoms with Gasteiger partial charge >= 0.3 is 0 Å². The third kappa shape index (κ3) is 3.57. The van der Waals surface area contributed by atoms with Crippen molar-refractivity contribution in [1.29, 1.82) is 0 Å². The summed E-state index contributed by atoms with van der Waals surface area (Å²) in [5.41, 5.74) is 0. The van der Waals surface area contributed by atoms with E-state index < -0.39 is 0 Å². The maximum atomic E-state index is 12.3. The first-order valence-electron chi connectivity index (χ1n) is 7.84. The second kappa shape index (κ2) is 7.28. The number of rotatable bonds is 5. The van der Waals surface area contributed by atoms with Crippen molar-refractivity contribution in [2.75, 3.05) is 13.7 Å². The van der Waals surface area contributed by atoms with E-state index in [2.05, 4.69) is 0 Å². The predicted octanol–water partition coefficient (Wildman–Crippen LogP) is 3.98. The highest BCUT2D eigenvalue weighted by Crippen LogP contribution is 2.42. The molecule has 0 aromatic heterocycles. The largest absolute Gasteiger partial charge is 0.384 e. The van der Waals surface area contributed by atoms with E-state index in [1.54, 1.807) is 7.11 Å². The molecule has 2 nitrogen and oxygen atoms in total. The fourth-order valence-corrected chi connectivity index (χ4v) is 4.07. The van der Waals surface area contributed by atoms with Crippen molar-refractivity contribution in [2.24, 2.45) is 17.8 Å². The van der Waals surface area contributed by atoms with Crippen LogP contribution in [0.15, 0.2) is 0 Å². The van der Waals surface area contributed by atoms with Crippen LogP contribution >= 0.6 is 0 Å². The molecule has 0 heterocycles. The van der Waals surface area contributed by atoms with Gasteiger partial charge in [-0.25, -0.2) is 0 Å². The smallest absolute Gasteiger partial charge is 0.138 e. The van der Waals surface area contributed by atoms with Gasteiger partial charge in [-0.15, -0.1) is 0 Å². The Balaban J connectivity index is 1.93. The van der Waals surface area contributed by atoms with Crippen molar-refractivity contribution in [3.63, 3.8) is 0 Å². The van der Waals surface area contributed by atoms with E-state index in [0.717, 1.165) is 12.3 Å². The van der Waals surface area contributed by atoms with Crippen LogP contribution in [0.1, 0.15) is 64.2 Å². The van der Waals surface area contributed by atoms with E-state index in [4.69, 9.17) is 4.74 Å². The Kier molecular flexibility index (Phi) is 5.68. The zero-order chi connectivity index (χ0) is 12.8. The van der Waals surface area contributed by atoms with Crippen LogP contribution in [0.3, 0.4) is 0 Å². The SMILES string of the molecule is COCCC(=O)C1CCCCC1C1CCCCC1. The number of hydrogen-bond donors (Lipinski definition) is 0. The van der Waals surface area contributed by atoms with Crippen LogP contribution in [0.4, 0.5) is 0 Å². The van der Waals surface area contributed by atoms with E-state index in [0.29, 0.717) is 30.6 Å². The van der Waals surface area contributed by atoms with Gasteiger partial charge in [-0.3, -0.25) is 4.79 Å². The highest BCUT2D eigenvalue weighted by atomic mass is 16.5. The van der Waals surface area contributed by atoms with Gasteiger partial charge in [0, 0.05) is 19.4 Å². The van der Waals surface area contributed by atoms with Crippen molar-refractivity contribution in [2.45, 2.75) is 64.2 Å². The summed E-state index contributed by atoms with van der Waals surface area (Å²) in [6.45, 7) is 0.604. The summed E-state index contributed by atoms with van der Waals surface area (Å²) < 4.78 is 5.06. The minimum absolute atomic E-state index is 0.358. The van der Waals surface area contributed by atoms with Gasteiger partial charge in [-0.05, 0) is 24.7 Å². The molecule has 0 spiro atoms. The normalized spacial score (nSPS) is 30.3. The number of hydrogen-bond acceptors (Lipinski definition) is 2. The summed E-state index contributed by atoms with van der Waals surface area (Å²) in [7, 11) is 1.69. The van der Waals surface area contributed by atoms with E-state index in [-0.39, 0.29) is 0 Å². The molecule has 2 heteroatoms. The van der Waals surface area contributed by atoms with Crippen molar-refractivity contribution in [1.82, 2.24) is 0 Å². The maximum Gasteiger partial charge on any atom is 0.138 e. The van der Waals surface area contributed by atoms with E-state index in [1.165, 1.54) is 51.4 Å². The molecule has 2 unspecified atom stereocenters. The van der Waals surface area contributed by atoms with Gasteiger partial charge in [-0.1, -0.05) is 44.9 Å². The Morgan fingerprint density at radius 2 is 1.67 bits per heavy atom. The molecule has 0 bridgehead atoms. The van der Waals surface area contributed by atoms with Crippen molar-refractivity contribution in [3.8, 4) is 0 Å². The summed E-state index contributed by atoms with van der Waals surface area (Å²) in [5, 5.41) is 0. The van der Waals surface area contributed by atoms with Crippen LogP contribution in [0, 0.1) is 17.8 Å². The molecule has 0 amide bonds. The third-order valence-corrected chi connectivity index (χ3v) is 5.04. The van der Waals surface area contributed by atoms with Gasteiger partial charge in [0.2, 0.25) is 0 Å². The fraction of sp³-hybridized carbons (Fsp3) is 0.938. The molecule has 2 rings (SSSR count). The molecule has 0 aromatic rings. The molecule has 2 fully saturated rings. The minimum Gasteiger partial charge on any atom is -0.384 e. The second-order valence-electron chi connectivity index (χ2n) is 6.16. The molecular weight excluding hydrogens is 224 g/mol. The highest BCUT2D eigenvalue weighted by molar-refractivity contribution is 5.81. The molecule has 2 saturated carbocycles. The number of methoxy groups -OCH3 is 1. The summed E-state index contributed by atoms with van der Waals surface area (Å²) in [6.07, 6.45) is 12.6. The molecule has 104 valence electrons. The third-order valence-electron chi connectivity index (χ3n) is 5.04. The molecule has 18 heavy (non-hydrogen) atoms. The summed E-state index contributed by atoms with van der Waals surface area (Å²) >= 11 is 0. The van der Waals surface area contributed by atoms with Crippen LogP contribution in [-0.2, 0) is 9.53 Å². The number of Topliss-reactive ketones (excluding diaryl/α,β-unsaturated/α-hetero) is 1. The zero-order valence-corrected chi connectivity index (χ0v) is 11.8. The van der Waals surface area contributed by atoms with Gasteiger partial charge in [0.15, 0.2) is 0 Å². The van der Waals surface area contributed by atoms with Crippen LogP contribution in [0.25, 0.3) is 0 Å². The van der Waals surface area contributed by atoms with Crippen molar-refractivity contribution in [3.05, 3.63) is 0 Å². The Morgan fingerprint density at radius 1 is 1.00 bits per heavy atom. The molecule has 0 N–H and O–H groups in total. The molecule has 0 aromatic carbocycles. The van der Waals surface area contributed by atoms with Gasteiger partial charge < -0.3 is 4.74 Å². The maximum absolute atomic E-state index is 12.3. The molecule has 0 radical (unpaired) electrons. The first-order valence-corrected chi connectivity index (χ1v) is 7.84. The van der Waals surface area contributed by atoms with Gasteiger partial charge in [0.05, 0.1) is 6.61 Å². The Bertz CT molecular complexity index is 256. The van der Waals surface area contributed by atoms with Crippen LogP contribution in [0.5, 0.6) is 0 Å². The van der Waals surface area contributed by atoms with Crippen molar-refractivity contribution < 1.29 is 9.53 Å². The van der Waals surface area contributed by atoms with Crippen LogP contribution in [0.2, 0.25) is 0 Å². The van der Waals surface area contributed by atoms with Gasteiger partial charge in [0.1, 0.15) is 5.78 Å². The Morgan fingerprint density at radius 3 is 2.39 bits per heavy atom. The molecule has 2 atom stereocenters. The summed E-state index contributed by atoms with van der Waals surface area (Å²) in [6, 6.07) is 0. The Hall–Kier alpha value is -0.370. The van der Waals surface area contributed by atoms with Crippen LogP contribution < -0.4 is 0 Å². The second-order valence-corrected chi connectivity index (χ2v) is 6.16. The highest BCUT2D eigenvalue weighted by Gasteiger charge is 2.35. The van der Waals surface area contributed by atoms with E-state index in [9.17, 15) is 4.79 Å². The lowest BCUT2D eigenvalue weighted by Gasteiger charge is -2.38. The van der Waals surface area contributed by atoms with Crippen LogP contribution in [-0.4, -0.2) is 19.5 Å². The van der Waals surface area contributed by atoms with Gasteiger partial charge in [-0.2, -0.15) is 0 Å². The monoisotopic (exact) mass is 252 g/mol. The number of ketones is 1. The van der Waals surface area contributed by atoms with Gasteiger partial charge in [0.25, 0.3) is 0 Å². The standard InChI is InChI=1S/C16H28O2/c1-18-12-11-16(17)15-10-6-5-9-14(15)13-7-3-2-4-8-13/h13-15H,2-12H2,1H3.